The number of nitrogens with one attached hydrogen (secondary N) is 1. The molecule has 3 aromatic rings. The first-order valence-electron chi connectivity index (χ1n) is 14.1. The molecule has 0 aliphatic carbocycles. The van der Waals surface area contributed by atoms with Crippen molar-refractivity contribution >= 4 is 34.4 Å². The lowest BCUT2D eigenvalue weighted by Gasteiger charge is -2.37. The lowest BCUT2D eigenvalue weighted by Crippen LogP contribution is -2.51. The summed E-state index contributed by atoms with van der Waals surface area (Å²) in [5.41, 5.74) is 2.65. The summed E-state index contributed by atoms with van der Waals surface area (Å²) in [5.74, 6) is -0.615. The number of fused-ring (bicyclic) bond motifs is 1. The van der Waals surface area contributed by atoms with E-state index in [4.69, 9.17) is 4.42 Å². The number of piperidine rings is 1. The largest absolute Gasteiger partial charge is 0.451 e. The second kappa shape index (κ2) is 11.9. The van der Waals surface area contributed by atoms with Crippen LogP contribution in [0.3, 0.4) is 0 Å². The Kier molecular flexibility index (Phi) is 8.19. The summed E-state index contributed by atoms with van der Waals surface area (Å²) in [5, 5.41) is 3.02. The minimum absolute atomic E-state index is 0.0669. The molecule has 0 unspecified atom stereocenters. The standard InChI is InChI=1S/C31H36N4O5/c1-21(2)22-10-11-27-24(18-22)26(36)19-28(40-27)30(38)32-20-29(37)34-16-14-33(15-17-34)25-9-5-4-8-23(25)31(39)35-12-6-3-7-13-35/h4-5,8-11,18-19,21H,3,6-7,12-17,20H2,1-2H3,(H,32,38). The van der Waals surface area contributed by atoms with Gasteiger partial charge in [-0.15, -0.1) is 0 Å². The van der Waals surface area contributed by atoms with Crippen LogP contribution in [0.1, 0.15) is 65.5 Å². The summed E-state index contributed by atoms with van der Waals surface area (Å²) in [6, 6.07) is 14.2. The molecule has 9 heteroatoms. The van der Waals surface area contributed by atoms with Gasteiger partial charge in [-0.1, -0.05) is 32.0 Å². The maximum absolute atomic E-state index is 13.2. The molecule has 3 amide bonds. The second-order valence-corrected chi connectivity index (χ2v) is 10.8. The number of amides is 3. The summed E-state index contributed by atoms with van der Waals surface area (Å²) < 4.78 is 5.68. The molecule has 2 aliphatic rings. The zero-order chi connectivity index (χ0) is 28.2. The van der Waals surface area contributed by atoms with E-state index in [0.29, 0.717) is 42.7 Å². The van der Waals surface area contributed by atoms with E-state index >= 15 is 0 Å². The van der Waals surface area contributed by atoms with Gasteiger partial charge >= 0.3 is 0 Å². The average molecular weight is 545 g/mol. The van der Waals surface area contributed by atoms with Gasteiger partial charge in [0, 0.05) is 51.0 Å². The Balaban J connectivity index is 1.17. The Morgan fingerprint density at radius 2 is 1.60 bits per heavy atom. The Morgan fingerprint density at radius 3 is 2.33 bits per heavy atom. The number of nitrogens with zero attached hydrogens (tertiary/aromatic N) is 3. The van der Waals surface area contributed by atoms with Crippen molar-refractivity contribution in [1.82, 2.24) is 15.1 Å². The van der Waals surface area contributed by atoms with Crippen LogP contribution >= 0.6 is 0 Å². The fraction of sp³-hybridized carbons (Fsp3) is 0.419. The van der Waals surface area contributed by atoms with Gasteiger partial charge in [0.05, 0.1) is 17.5 Å². The third-order valence-corrected chi connectivity index (χ3v) is 7.79. The Labute approximate surface area is 233 Å². The molecule has 2 saturated heterocycles. The zero-order valence-corrected chi connectivity index (χ0v) is 23.2. The van der Waals surface area contributed by atoms with E-state index in [1.807, 2.05) is 49.1 Å². The third kappa shape index (κ3) is 5.88. The number of piperazine rings is 1. The molecule has 2 aromatic carbocycles. The van der Waals surface area contributed by atoms with Crippen LogP contribution in [-0.4, -0.2) is 73.3 Å². The van der Waals surface area contributed by atoms with Crippen molar-refractivity contribution < 1.29 is 18.8 Å². The van der Waals surface area contributed by atoms with Gasteiger partial charge in [0.1, 0.15) is 5.58 Å². The van der Waals surface area contributed by atoms with Gasteiger partial charge in [-0.25, -0.2) is 0 Å². The number of rotatable bonds is 6. The summed E-state index contributed by atoms with van der Waals surface area (Å²) in [6.07, 6.45) is 3.24. The van der Waals surface area contributed by atoms with Gasteiger partial charge in [-0.2, -0.15) is 0 Å². The first-order chi connectivity index (χ1) is 19.3. The molecule has 0 atom stereocenters. The van der Waals surface area contributed by atoms with E-state index < -0.39 is 5.91 Å². The fourth-order valence-electron chi connectivity index (χ4n) is 5.39. The molecule has 2 fully saturated rings. The highest BCUT2D eigenvalue weighted by Crippen LogP contribution is 2.25. The monoisotopic (exact) mass is 544 g/mol. The van der Waals surface area contributed by atoms with Crippen molar-refractivity contribution in [3.63, 3.8) is 0 Å². The van der Waals surface area contributed by atoms with Gasteiger partial charge in [0.15, 0.2) is 11.2 Å². The molecule has 0 radical (unpaired) electrons. The molecule has 9 nitrogen and oxygen atoms in total. The van der Waals surface area contributed by atoms with E-state index in [1.54, 1.807) is 17.0 Å². The van der Waals surface area contributed by atoms with Crippen molar-refractivity contribution in [1.29, 1.82) is 0 Å². The molecule has 40 heavy (non-hydrogen) atoms. The number of carbonyl (C=O) groups is 3. The Bertz CT molecular complexity index is 1470. The maximum atomic E-state index is 13.2. The van der Waals surface area contributed by atoms with Crippen molar-refractivity contribution in [2.24, 2.45) is 0 Å². The molecule has 0 saturated carbocycles. The van der Waals surface area contributed by atoms with Crippen LogP contribution in [0.25, 0.3) is 11.0 Å². The fourth-order valence-corrected chi connectivity index (χ4v) is 5.39. The highest BCUT2D eigenvalue weighted by molar-refractivity contribution is 6.00. The van der Waals surface area contributed by atoms with Gasteiger partial charge < -0.3 is 24.4 Å². The topological polar surface area (TPSA) is 103 Å². The van der Waals surface area contributed by atoms with Gasteiger partial charge in [-0.05, 0) is 55.0 Å². The molecule has 210 valence electrons. The van der Waals surface area contributed by atoms with Crippen LogP contribution in [0.5, 0.6) is 0 Å². The molecule has 0 spiro atoms. The first-order valence-corrected chi connectivity index (χ1v) is 14.1. The summed E-state index contributed by atoms with van der Waals surface area (Å²) in [7, 11) is 0. The smallest absolute Gasteiger partial charge is 0.287 e. The zero-order valence-electron chi connectivity index (χ0n) is 23.2. The molecule has 1 N–H and O–H groups in total. The average Bonchev–Trinajstić information content (AvgIpc) is 2.99. The molecule has 3 heterocycles. The number of hydrogen-bond acceptors (Lipinski definition) is 6. The minimum atomic E-state index is -0.607. The number of benzene rings is 2. The second-order valence-electron chi connectivity index (χ2n) is 10.8. The highest BCUT2D eigenvalue weighted by Gasteiger charge is 2.26. The van der Waals surface area contributed by atoms with E-state index in [9.17, 15) is 19.2 Å². The van der Waals surface area contributed by atoms with Crippen LogP contribution in [0.15, 0.2) is 57.7 Å². The van der Waals surface area contributed by atoms with E-state index in [1.165, 1.54) is 6.07 Å². The summed E-state index contributed by atoms with van der Waals surface area (Å²) >= 11 is 0. The summed E-state index contributed by atoms with van der Waals surface area (Å²) in [4.78, 5) is 57.2. The quantitative estimate of drug-likeness (QED) is 0.509. The SMILES string of the molecule is CC(C)c1ccc2oc(C(=O)NCC(=O)N3CCN(c4ccccc4C(=O)N4CCCCC4)CC3)cc(=O)c2c1. The third-order valence-electron chi connectivity index (χ3n) is 7.79. The van der Waals surface area contributed by atoms with E-state index in [-0.39, 0.29) is 35.5 Å². The van der Waals surface area contributed by atoms with Crippen LogP contribution in [-0.2, 0) is 4.79 Å². The predicted molar refractivity (Wildman–Crippen MR) is 154 cm³/mol. The normalized spacial score (nSPS) is 15.9. The van der Waals surface area contributed by atoms with Gasteiger partial charge in [-0.3, -0.25) is 19.2 Å². The Hall–Kier alpha value is -4.14. The Morgan fingerprint density at radius 1 is 0.875 bits per heavy atom. The van der Waals surface area contributed by atoms with Crippen molar-refractivity contribution in [3.8, 4) is 0 Å². The number of para-hydroxylation sites is 1. The molecule has 0 bridgehead atoms. The van der Waals surface area contributed by atoms with Gasteiger partial charge in [0.2, 0.25) is 5.91 Å². The molecule has 2 aliphatic heterocycles. The van der Waals surface area contributed by atoms with E-state index in [2.05, 4.69) is 10.2 Å². The minimum Gasteiger partial charge on any atom is -0.451 e. The van der Waals surface area contributed by atoms with Gasteiger partial charge in [0.25, 0.3) is 11.8 Å². The molecule has 5 rings (SSSR count). The van der Waals surface area contributed by atoms with Crippen LogP contribution in [0.4, 0.5) is 5.69 Å². The first kappa shape index (κ1) is 27.4. The number of hydrogen-bond donors (Lipinski definition) is 1. The lowest BCUT2D eigenvalue weighted by atomic mass is 10.0. The maximum Gasteiger partial charge on any atom is 0.287 e. The van der Waals surface area contributed by atoms with Crippen LogP contribution in [0, 0.1) is 0 Å². The van der Waals surface area contributed by atoms with Crippen molar-refractivity contribution in [2.75, 3.05) is 50.7 Å². The number of carbonyl (C=O) groups excluding carboxylic acids is 3. The van der Waals surface area contributed by atoms with Crippen molar-refractivity contribution in [3.05, 3.63) is 75.6 Å². The van der Waals surface area contributed by atoms with Crippen molar-refractivity contribution in [2.45, 2.75) is 39.0 Å². The van der Waals surface area contributed by atoms with Crippen LogP contribution in [0.2, 0.25) is 0 Å². The highest BCUT2D eigenvalue weighted by atomic mass is 16.3. The lowest BCUT2D eigenvalue weighted by molar-refractivity contribution is -0.130. The summed E-state index contributed by atoms with van der Waals surface area (Å²) in [6.45, 7) is 7.59. The molecule has 1 aromatic heterocycles. The molecular formula is C31H36N4O5. The predicted octanol–water partition coefficient (Wildman–Crippen LogP) is 3.62. The number of anilines is 1. The number of likely N-dealkylation sites (tertiary alicyclic amines) is 1. The van der Waals surface area contributed by atoms with Crippen LogP contribution < -0.4 is 15.6 Å². The van der Waals surface area contributed by atoms with E-state index in [0.717, 1.165) is 43.6 Å². The molecular weight excluding hydrogens is 508 g/mol.